The van der Waals surface area contributed by atoms with Crippen LogP contribution in [0.25, 0.3) is 16.8 Å². The third kappa shape index (κ3) is 2.20. The molecule has 0 unspecified atom stereocenters. The number of fused-ring (bicyclic) bond motifs is 1. The van der Waals surface area contributed by atoms with Crippen molar-refractivity contribution in [2.75, 3.05) is 0 Å². The standard InChI is InChI=1S/C15H9F3N2O2/c16-15(17,18)10-6-2-1-5-9(10)12-11-7-3-4-8-20(11)13(19-12)14(21)22/h1-8H,(H,21,22). The number of hydrogen-bond acceptors (Lipinski definition) is 2. The lowest BCUT2D eigenvalue weighted by atomic mass is 10.0. The Morgan fingerprint density at radius 2 is 1.77 bits per heavy atom. The van der Waals surface area contributed by atoms with Crippen LogP contribution in [0.2, 0.25) is 0 Å². The van der Waals surface area contributed by atoms with Gasteiger partial charge in [0.15, 0.2) is 0 Å². The molecule has 0 aliphatic heterocycles. The van der Waals surface area contributed by atoms with Crippen molar-refractivity contribution in [2.24, 2.45) is 0 Å². The number of aromatic carboxylic acids is 1. The van der Waals surface area contributed by atoms with Crippen molar-refractivity contribution in [3.63, 3.8) is 0 Å². The summed E-state index contributed by atoms with van der Waals surface area (Å²) in [5, 5.41) is 9.17. The second kappa shape index (κ2) is 4.87. The molecule has 0 spiro atoms. The Morgan fingerprint density at radius 3 is 2.45 bits per heavy atom. The monoisotopic (exact) mass is 306 g/mol. The average Bonchev–Trinajstić information content (AvgIpc) is 2.86. The zero-order valence-corrected chi connectivity index (χ0v) is 11.0. The van der Waals surface area contributed by atoms with Crippen LogP contribution in [0.3, 0.4) is 0 Å². The van der Waals surface area contributed by atoms with Crippen LogP contribution in [0, 0.1) is 0 Å². The minimum atomic E-state index is -4.55. The van der Waals surface area contributed by atoms with Gasteiger partial charge in [0.05, 0.1) is 16.8 Å². The van der Waals surface area contributed by atoms with Gasteiger partial charge >= 0.3 is 12.1 Å². The van der Waals surface area contributed by atoms with Crippen molar-refractivity contribution in [3.8, 4) is 11.3 Å². The third-order valence-corrected chi connectivity index (χ3v) is 3.23. The van der Waals surface area contributed by atoms with E-state index in [0.717, 1.165) is 6.07 Å². The summed E-state index contributed by atoms with van der Waals surface area (Å²) in [6.07, 6.45) is -3.10. The SMILES string of the molecule is O=C(O)c1nc(-c2ccccc2C(F)(F)F)c2ccccn12. The number of aromatic nitrogens is 2. The first-order valence-electron chi connectivity index (χ1n) is 6.26. The first kappa shape index (κ1) is 14.1. The number of carboxylic acids is 1. The Hall–Kier alpha value is -2.83. The molecule has 1 aromatic carbocycles. The van der Waals surface area contributed by atoms with Crippen molar-refractivity contribution in [2.45, 2.75) is 6.18 Å². The maximum Gasteiger partial charge on any atom is 0.417 e. The number of hydrogen-bond donors (Lipinski definition) is 1. The van der Waals surface area contributed by atoms with Crippen molar-refractivity contribution in [3.05, 3.63) is 60.0 Å². The van der Waals surface area contributed by atoms with Crippen LogP contribution in [0.15, 0.2) is 48.7 Å². The average molecular weight is 306 g/mol. The normalized spacial score (nSPS) is 11.8. The van der Waals surface area contributed by atoms with E-state index in [9.17, 15) is 18.0 Å². The van der Waals surface area contributed by atoms with E-state index in [1.54, 1.807) is 12.1 Å². The highest BCUT2D eigenvalue weighted by molar-refractivity contribution is 5.90. The highest BCUT2D eigenvalue weighted by Crippen LogP contribution is 2.38. The third-order valence-electron chi connectivity index (χ3n) is 3.23. The molecule has 0 aliphatic rings. The molecular weight excluding hydrogens is 297 g/mol. The molecule has 0 atom stereocenters. The molecule has 3 aromatic rings. The number of pyridine rings is 1. The van der Waals surface area contributed by atoms with E-state index in [0.29, 0.717) is 5.52 Å². The molecule has 0 saturated carbocycles. The van der Waals surface area contributed by atoms with Gasteiger partial charge in [0, 0.05) is 11.8 Å². The predicted molar refractivity (Wildman–Crippen MR) is 72.6 cm³/mol. The first-order valence-corrected chi connectivity index (χ1v) is 6.26. The Kier molecular flexibility index (Phi) is 3.13. The summed E-state index contributed by atoms with van der Waals surface area (Å²) >= 11 is 0. The van der Waals surface area contributed by atoms with Gasteiger partial charge in [-0.05, 0) is 18.2 Å². The summed E-state index contributed by atoms with van der Waals surface area (Å²) in [7, 11) is 0. The van der Waals surface area contributed by atoms with Crippen molar-refractivity contribution >= 4 is 11.5 Å². The lowest BCUT2D eigenvalue weighted by Gasteiger charge is -2.11. The van der Waals surface area contributed by atoms with E-state index < -0.39 is 17.7 Å². The Balaban J connectivity index is 2.35. The summed E-state index contributed by atoms with van der Waals surface area (Å²) in [6.45, 7) is 0. The number of alkyl halides is 3. The molecule has 22 heavy (non-hydrogen) atoms. The number of benzene rings is 1. The lowest BCUT2D eigenvalue weighted by molar-refractivity contribution is -0.137. The van der Waals surface area contributed by atoms with Gasteiger partial charge in [-0.15, -0.1) is 0 Å². The zero-order valence-electron chi connectivity index (χ0n) is 11.0. The molecule has 112 valence electrons. The fourth-order valence-electron chi connectivity index (χ4n) is 2.32. The van der Waals surface area contributed by atoms with Crippen LogP contribution in [0.1, 0.15) is 16.2 Å². The van der Waals surface area contributed by atoms with Gasteiger partial charge in [-0.3, -0.25) is 4.40 Å². The maximum atomic E-state index is 13.1. The number of rotatable bonds is 2. The van der Waals surface area contributed by atoms with E-state index in [1.807, 2.05) is 0 Å². The van der Waals surface area contributed by atoms with Crippen molar-refractivity contribution in [1.29, 1.82) is 0 Å². The van der Waals surface area contributed by atoms with Gasteiger partial charge < -0.3 is 5.11 Å². The summed E-state index contributed by atoms with van der Waals surface area (Å²) in [6, 6.07) is 9.69. The molecule has 0 fully saturated rings. The molecular formula is C15H9F3N2O2. The lowest BCUT2D eigenvalue weighted by Crippen LogP contribution is -2.07. The molecule has 0 amide bonds. The second-order valence-electron chi connectivity index (χ2n) is 4.59. The van der Waals surface area contributed by atoms with Crippen LogP contribution < -0.4 is 0 Å². The van der Waals surface area contributed by atoms with Gasteiger partial charge in [-0.1, -0.05) is 24.3 Å². The van der Waals surface area contributed by atoms with Gasteiger partial charge in [0.1, 0.15) is 0 Å². The number of imidazole rings is 1. The minimum absolute atomic E-state index is 0.00840. The molecule has 7 heteroatoms. The van der Waals surface area contributed by atoms with Gasteiger partial charge in [0.25, 0.3) is 0 Å². The number of carbonyl (C=O) groups is 1. The molecule has 0 saturated heterocycles. The summed E-state index contributed by atoms with van der Waals surface area (Å²) in [5.41, 5.74) is -0.704. The first-order chi connectivity index (χ1) is 10.4. The van der Waals surface area contributed by atoms with Gasteiger partial charge in [0.2, 0.25) is 5.82 Å². The van der Waals surface area contributed by atoms with E-state index in [2.05, 4.69) is 4.98 Å². The van der Waals surface area contributed by atoms with Crippen molar-refractivity contribution in [1.82, 2.24) is 9.38 Å². The largest absolute Gasteiger partial charge is 0.475 e. The van der Waals surface area contributed by atoms with Crippen LogP contribution in [0.4, 0.5) is 13.2 Å². The van der Waals surface area contributed by atoms with Crippen LogP contribution >= 0.6 is 0 Å². The zero-order chi connectivity index (χ0) is 15.9. The highest BCUT2D eigenvalue weighted by Gasteiger charge is 2.34. The molecule has 2 aromatic heterocycles. The highest BCUT2D eigenvalue weighted by atomic mass is 19.4. The summed E-state index contributed by atoms with van der Waals surface area (Å²) < 4.78 is 40.7. The number of halogens is 3. The second-order valence-corrected chi connectivity index (χ2v) is 4.59. The fraction of sp³-hybridized carbons (Fsp3) is 0.0667. The van der Waals surface area contributed by atoms with E-state index in [1.165, 1.54) is 34.9 Å². The number of carboxylic acid groups (broad SMARTS) is 1. The van der Waals surface area contributed by atoms with E-state index in [4.69, 9.17) is 5.11 Å². The Morgan fingerprint density at radius 1 is 1.09 bits per heavy atom. The Bertz CT molecular complexity index is 869. The maximum absolute atomic E-state index is 13.1. The molecule has 2 heterocycles. The minimum Gasteiger partial charge on any atom is -0.475 e. The predicted octanol–water partition coefficient (Wildman–Crippen LogP) is 3.72. The number of nitrogens with zero attached hydrogens (tertiary/aromatic N) is 2. The van der Waals surface area contributed by atoms with Crippen molar-refractivity contribution < 1.29 is 23.1 Å². The van der Waals surface area contributed by atoms with Crippen LogP contribution in [0.5, 0.6) is 0 Å². The summed E-state index contributed by atoms with van der Waals surface area (Å²) in [5.74, 6) is -1.64. The van der Waals surface area contributed by atoms with Gasteiger partial charge in [-0.25, -0.2) is 9.78 Å². The molecule has 0 aliphatic carbocycles. The van der Waals surface area contributed by atoms with Gasteiger partial charge in [-0.2, -0.15) is 13.2 Å². The van der Waals surface area contributed by atoms with Crippen LogP contribution in [-0.4, -0.2) is 20.5 Å². The smallest absolute Gasteiger partial charge is 0.417 e. The molecule has 3 rings (SSSR count). The fourth-order valence-corrected chi connectivity index (χ4v) is 2.32. The summed E-state index contributed by atoms with van der Waals surface area (Å²) in [4.78, 5) is 15.1. The topological polar surface area (TPSA) is 54.6 Å². The molecule has 1 N–H and O–H groups in total. The van der Waals surface area contributed by atoms with E-state index >= 15 is 0 Å². The quantitative estimate of drug-likeness (QED) is 0.785. The Labute approximate surface area is 122 Å². The molecule has 0 bridgehead atoms. The van der Waals surface area contributed by atoms with E-state index in [-0.39, 0.29) is 17.1 Å². The molecule has 0 radical (unpaired) electrons. The van der Waals surface area contributed by atoms with Crippen LogP contribution in [-0.2, 0) is 6.18 Å². The molecule has 4 nitrogen and oxygen atoms in total.